The Morgan fingerprint density at radius 1 is 1.29 bits per heavy atom. The van der Waals surface area contributed by atoms with E-state index < -0.39 is 11.0 Å². The molecule has 3 rings (SSSR count). The molecule has 0 aliphatic carbocycles. The highest BCUT2D eigenvalue weighted by Gasteiger charge is 2.56. The SMILES string of the molecule is NCC1(O)CCOC(C2NC(=O)C3(CCOCC3)C2N)C1. The molecule has 0 aromatic rings. The first-order chi connectivity index (χ1) is 10.0. The van der Waals surface area contributed by atoms with Gasteiger partial charge in [-0.05, 0) is 12.8 Å². The van der Waals surface area contributed by atoms with Crippen molar-refractivity contribution in [3.8, 4) is 0 Å². The molecule has 7 heteroatoms. The quantitative estimate of drug-likeness (QED) is 0.491. The van der Waals surface area contributed by atoms with Crippen LogP contribution >= 0.6 is 0 Å². The van der Waals surface area contributed by atoms with E-state index in [0.29, 0.717) is 45.5 Å². The van der Waals surface area contributed by atoms with E-state index in [2.05, 4.69) is 5.32 Å². The van der Waals surface area contributed by atoms with E-state index in [0.717, 1.165) is 0 Å². The number of carbonyl (C=O) groups excluding carboxylic acids is 1. The maximum Gasteiger partial charge on any atom is 0.228 e. The smallest absolute Gasteiger partial charge is 0.228 e. The van der Waals surface area contributed by atoms with Crippen LogP contribution in [0.5, 0.6) is 0 Å². The Labute approximate surface area is 124 Å². The topological polar surface area (TPSA) is 120 Å². The summed E-state index contributed by atoms with van der Waals surface area (Å²) in [6.07, 6.45) is 1.94. The highest BCUT2D eigenvalue weighted by molar-refractivity contribution is 5.87. The molecule has 3 heterocycles. The minimum Gasteiger partial charge on any atom is -0.388 e. The molecule has 0 aromatic heterocycles. The van der Waals surface area contributed by atoms with Crippen LogP contribution in [0.2, 0.25) is 0 Å². The Morgan fingerprint density at radius 3 is 2.67 bits per heavy atom. The lowest BCUT2D eigenvalue weighted by Crippen LogP contribution is -2.57. The average Bonchev–Trinajstić information content (AvgIpc) is 2.74. The molecule has 4 unspecified atom stereocenters. The van der Waals surface area contributed by atoms with Gasteiger partial charge in [-0.2, -0.15) is 0 Å². The van der Waals surface area contributed by atoms with Crippen molar-refractivity contribution in [3.63, 3.8) is 0 Å². The van der Waals surface area contributed by atoms with Crippen LogP contribution in [0, 0.1) is 5.41 Å². The molecule has 120 valence electrons. The van der Waals surface area contributed by atoms with E-state index in [4.69, 9.17) is 20.9 Å². The zero-order valence-electron chi connectivity index (χ0n) is 12.2. The molecule has 3 aliphatic heterocycles. The van der Waals surface area contributed by atoms with E-state index in [9.17, 15) is 9.90 Å². The summed E-state index contributed by atoms with van der Waals surface area (Å²) >= 11 is 0. The minimum atomic E-state index is -0.918. The number of ether oxygens (including phenoxy) is 2. The molecule has 3 aliphatic rings. The van der Waals surface area contributed by atoms with Crippen molar-refractivity contribution in [1.82, 2.24) is 5.32 Å². The molecular weight excluding hydrogens is 274 g/mol. The van der Waals surface area contributed by atoms with Gasteiger partial charge >= 0.3 is 0 Å². The van der Waals surface area contributed by atoms with Crippen LogP contribution < -0.4 is 16.8 Å². The third-order valence-electron chi connectivity index (χ3n) is 5.42. The van der Waals surface area contributed by atoms with Crippen molar-refractivity contribution in [2.45, 2.75) is 49.5 Å². The molecule has 6 N–H and O–H groups in total. The lowest BCUT2D eigenvalue weighted by molar-refractivity contribution is -0.133. The summed E-state index contributed by atoms with van der Waals surface area (Å²) in [5.41, 5.74) is 10.6. The van der Waals surface area contributed by atoms with Gasteiger partial charge in [-0.3, -0.25) is 4.79 Å². The molecule has 4 atom stereocenters. The summed E-state index contributed by atoms with van der Waals surface area (Å²) < 4.78 is 11.1. The molecule has 0 bridgehead atoms. The van der Waals surface area contributed by atoms with E-state index in [1.165, 1.54) is 0 Å². The molecule has 1 amide bonds. The third-order valence-corrected chi connectivity index (χ3v) is 5.42. The van der Waals surface area contributed by atoms with Crippen molar-refractivity contribution in [2.24, 2.45) is 16.9 Å². The van der Waals surface area contributed by atoms with E-state index in [-0.39, 0.29) is 30.6 Å². The van der Waals surface area contributed by atoms with Crippen LogP contribution in [0.4, 0.5) is 0 Å². The average molecular weight is 299 g/mol. The Bertz CT molecular complexity index is 413. The van der Waals surface area contributed by atoms with Gasteiger partial charge in [0, 0.05) is 45.2 Å². The summed E-state index contributed by atoms with van der Waals surface area (Å²) in [7, 11) is 0. The fourth-order valence-electron chi connectivity index (χ4n) is 3.85. The van der Waals surface area contributed by atoms with Crippen molar-refractivity contribution in [2.75, 3.05) is 26.4 Å². The van der Waals surface area contributed by atoms with Crippen LogP contribution in [-0.4, -0.2) is 61.2 Å². The van der Waals surface area contributed by atoms with E-state index in [1.54, 1.807) is 0 Å². The molecule has 0 aromatic carbocycles. The van der Waals surface area contributed by atoms with Crippen LogP contribution in [0.25, 0.3) is 0 Å². The lowest BCUT2D eigenvalue weighted by atomic mass is 9.72. The molecule has 3 saturated heterocycles. The van der Waals surface area contributed by atoms with Gasteiger partial charge in [0.2, 0.25) is 5.91 Å². The van der Waals surface area contributed by atoms with Crippen LogP contribution in [-0.2, 0) is 14.3 Å². The van der Waals surface area contributed by atoms with Crippen molar-refractivity contribution >= 4 is 5.91 Å². The number of carbonyl (C=O) groups is 1. The number of hydrogen-bond donors (Lipinski definition) is 4. The first kappa shape index (κ1) is 15.2. The molecule has 0 radical (unpaired) electrons. The fourth-order valence-corrected chi connectivity index (χ4v) is 3.85. The fraction of sp³-hybridized carbons (Fsp3) is 0.929. The standard InChI is InChI=1S/C14H25N3O4/c15-8-13(19)1-6-21-9(7-13)10-11(16)14(12(18)17-10)2-4-20-5-3-14/h9-11,19H,1-8,15-16H2,(H,17,18). The summed E-state index contributed by atoms with van der Waals surface area (Å²) in [4.78, 5) is 12.5. The van der Waals surface area contributed by atoms with Gasteiger partial charge in [0.15, 0.2) is 0 Å². The highest BCUT2D eigenvalue weighted by Crippen LogP contribution is 2.41. The van der Waals surface area contributed by atoms with E-state index >= 15 is 0 Å². The monoisotopic (exact) mass is 299 g/mol. The number of amides is 1. The molecule has 0 saturated carbocycles. The lowest BCUT2D eigenvalue weighted by Gasteiger charge is -2.41. The van der Waals surface area contributed by atoms with Crippen molar-refractivity contribution < 1.29 is 19.4 Å². The maximum absolute atomic E-state index is 12.5. The second-order valence-electron chi connectivity index (χ2n) is 6.59. The molecule has 21 heavy (non-hydrogen) atoms. The normalized spacial score (nSPS) is 43.0. The predicted molar refractivity (Wildman–Crippen MR) is 75.4 cm³/mol. The molecular formula is C14H25N3O4. The largest absolute Gasteiger partial charge is 0.388 e. The Kier molecular flexibility index (Phi) is 3.96. The zero-order chi connectivity index (χ0) is 15.1. The molecule has 3 fully saturated rings. The summed E-state index contributed by atoms with van der Waals surface area (Å²) in [6.45, 7) is 1.76. The minimum absolute atomic E-state index is 0.00578. The maximum atomic E-state index is 12.5. The Morgan fingerprint density at radius 2 is 2.00 bits per heavy atom. The van der Waals surface area contributed by atoms with Gasteiger partial charge in [-0.25, -0.2) is 0 Å². The third kappa shape index (κ3) is 2.47. The number of aliphatic hydroxyl groups is 1. The summed E-state index contributed by atoms with van der Waals surface area (Å²) in [5, 5.41) is 13.4. The number of rotatable bonds is 2. The summed E-state index contributed by atoms with van der Waals surface area (Å²) in [6, 6.07) is -0.590. The van der Waals surface area contributed by atoms with E-state index in [1.807, 2.05) is 0 Å². The van der Waals surface area contributed by atoms with Gasteiger partial charge in [0.05, 0.1) is 23.2 Å². The van der Waals surface area contributed by atoms with Crippen molar-refractivity contribution in [1.29, 1.82) is 0 Å². The van der Waals surface area contributed by atoms with Gasteiger partial charge in [-0.1, -0.05) is 0 Å². The van der Waals surface area contributed by atoms with Gasteiger partial charge in [0.25, 0.3) is 0 Å². The number of nitrogens with one attached hydrogen (secondary N) is 1. The van der Waals surface area contributed by atoms with Crippen LogP contribution in [0.15, 0.2) is 0 Å². The highest BCUT2D eigenvalue weighted by atomic mass is 16.5. The number of nitrogens with two attached hydrogens (primary N) is 2. The van der Waals surface area contributed by atoms with Crippen LogP contribution in [0.3, 0.4) is 0 Å². The summed E-state index contributed by atoms with van der Waals surface area (Å²) in [5.74, 6) is -0.00578. The van der Waals surface area contributed by atoms with Crippen molar-refractivity contribution in [3.05, 3.63) is 0 Å². The molecule has 1 spiro atoms. The number of hydrogen-bond acceptors (Lipinski definition) is 6. The van der Waals surface area contributed by atoms with Crippen LogP contribution in [0.1, 0.15) is 25.7 Å². The predicted octanol–water partition coefficient (Wildman–Crippen LogP) is -1.52. The van der Waals surface area contributed by atoms with Gasteiger partial charge < -0.3 is 31.4 Å². The van der Waals surface area contributed by atoms with Gasteiger partial charge in [0.1, 0.15) is 0 Å². The zero-order valence-corrected chi connectivity index (χ0v) is 12.2. The molecule has 7 nitrogen and oxygen atoms in total. The Hall–Kier alpha value is -0.730. The first-order valence-corrected chi connectivity index (χ1v) is 7.69. The van der Waals surface area contributed by atoms with Gasteiger partial charge in [-0.15, -0.1) is 0 Å². The second kappa shape index (κ2) is 5.48. The Balaban J connectivity index is 1.76. The second-order valence-corrected chi connectivity index (χ2v) is 6.59. The first-order valence-electron chi connectivity index (χ1n) is 7.69.